The van der Waals surface area contributed by atoms with E-state index < -0.39 is 0 Å². The average Bonchev–Trinajstić information content (AvgIpc) is 3.17. The predicted molar refractivity (Wildman–Crippen MR) is 94.0 cm³/mol. The highest BCUT2D eigenvalue weighted by Gasteiger charge is 2.19. The zero-order valence-electron chi connectivity index (χ0n) is 13.1. The van der Waals surface area contributed by atoms with Crippen molar-refractivity contribution >= 4 is 23.2 Å². The van der Waals surface area contributed by atoms with Crippen molar-refractivity contribution in [3.05, 3.63) is 65.4 Å². The molecule has 1 N–H and O–H groups in total. The topological polar surface area (TPSA) is 65.4 Å². The van der Waals surface area contributed by atoms with Crippen molar-refractivity contribution in [1.29, 1.82) is 0 Å². The van der Waals surface area contributed by atoms with E-state index in [-0.39, 0.29) is 5.91 Å². The molecule has 1 amide bonds. The molecule has 0 atom stereocenters. The Labute approximate surface area is 148 Å². The highest BCUT2D eigenvalue weighted by Crippen LogP contribution is 2.38. The maximum atomic E-state index is 12.5. The van der Waals surface area contributed by atoms with Gasteiger partial charge in [-0.3, -0.25) is 4.79 Å². The van der Waals surface area contributed by atoms with E-state index in [1.807, 2.05) is 36.5 Å². The second-order valence-corrected chi connectivity index (χ2v) is 5.84. The number of carbonyl (C=O) groups is 1. The summed E-state index contributed by atoms with van der Waals surface area (Å²) in [6.45, 7) is 0.879. The second kappa shape index (κ2) is 6.49. The van der Waals surface area contributed by atoms with Crippen LogP contribution in [0.25, 0.3) is 5.69 Å². The lowest BCUT2D eigenvalue weighted by molar-refractivity contribution is 0.102. The first-order valence-electron chi connectivity index (χ1n) is 7.71. The standard InChI is InChI=1S/C18H14ClN3O3/c19-15-10-12(11-16-17(15)25-9-8-24-16)18(23)21-13-2-4-14(5-3-13)22-7-1-6-20-22/h1-7,10-11H,8-9H2,(H,21,23). The smallest absolute Gasteiger partial charge is 0.255 e. The summed E-state index contributed by atoms with van der Waals surface area (Å²) >= 11 is 6.18. The minimum absolute atomic E-state index is 0.272. The number of ether oxygens (including phenoxy) is 2. The molecule has 0 radical (unpaired) electrons. The minimum atomic E-state index is -0.272. The molecule has 0 aliphatic carbocycles. The van der Waals surface area contributed by atoms with E-state index in [2.05, 4.69) is 10.4 Å². The first-order valence-corrected chi connectivity index (χ1v) is 8.09. The fraction of sp³-hybridized carbons (Fsp3) is 0.111. The normalized spacial score (nSPS) is 12.7. The monoisotopic (exact) mass is 355 g/mol. The van der Waals surface area contributed by atoms with E-state index in [1.165, 1.54) is 0 Å². The van der Waals surface area contributed by atoms with Crippen LogP contribution < -0.4 is 14.8 Å². The first kappa shape index (κ1) is 15.5. The number of anilines is 1. The van der Waals surface area contributed by atoms with Gasteiger partial charge in [0.2, 0.25) is 0 Å². The Morgan fingerprint density at radius 2 is 1.96 bits per heavy atom. The van der Waals surface area contributed by atoms with Crippen LogP contribution in [-0.2, 0) is 0 Å². The van der Waals surface area contributed by atoms with Crippen molar-refractivity contribution in [2.75, 3.05) is 18.5 Å². The molecule has 0 bridgehead atoms. The van der Waals surface area contributed by atoms with Crippen LogP contribution in [-0.4, -0.2) is 28.9 Å². The number of carbonyl (C=O) groups excluding carboxylic acids is 1. The third kappa shape index (κ3) is 3.16. The molecule has 126 valence electrons. The van der Waals surface area contributed by atoms with Crippen molar-refractivity contribution < 1.29 is 14.3 Å². The van der Waals surface area contributed by atoms with Gasteiger partial charge in [0.1, 0.15) is 13.2 Å². The molecule has 0 unspecified atom stereocenters. The lowest BCUT2D eigenvalue weighted by Gasteiger charge is -2.20. The largest absolute Gasteiger partial charge is 0.486 e. The van der Waals surface area contributed by atoms with Crippen LogP contribution >= 0.6 is 11.6 Å². The molecule has 0 saturated carbocycles. The van der Waals surface area contributed by atoms with E-state index >= 15 is 0 Å². The van der Waals surface area contributed by atoms with Gasteiger partial charge >= 0.3 is 0 Å². The van der Waals surface area contributed by atoms with Crippen LogP contribution in [0, 0.1) is 0 Å². The zero-order chi connectivity index (χ0) is 17.2. The quantitative estimate of drug-likeness (QED) is 0.780. The Morgan fingerprint density at radius 3 is 2.72 bits per heavy atom. The van der Waals surface area contributed by atoms with E-state index in [0.717, 1.165) is 5.69 Å². The van der Waals surface area contributed by atoms with Crippen LogP contribution in [0.4, 0.5) is 5.69 Å². The Balaban J connectivity index is 1.53. The van der Waals surface area contributed by atoms with Crippen molar-refractivity contribution in [2.45, 2.75) is 0 Å². The number of aromatic nitrogens is 2. The van der Waals surface area contributed by atoms with Crippen molar-refractivity contribution in [3.63, 3.8) is 0 Å². The highest BCUT2D eigenvalue weighted by molar-refractivity contribution is 6.32. The molecular weight excluding hydrogens is 342 g/mol. The number of nitrogens with one attached hydrogen (secondary N) is 1. The van der Waals surface area contributed by atoms with Gasteiger partial charge in [0.05, 0.1) is 10.7 Å². The Morgan fingerprint density at radius 1 is 1.16 bits per heavy atom. The highest BCUT2D eigenvalue weighted by atomic mass is 35.5. The van der Waals surface area contributed by atoms with Gasteiger partial charge in [-0.15, -0.1) is 0 Å². The average molecular weight is 356 g/mol. The van der Waals surface area contributed by atoms with Crippen LogP contribution in [0.1, 0.15) is 10.4 Å². The number of fused-ring (bicyclic) bond motifs is 1. The summed E-state index contributed by atoms with van der Waals surface area (Å²) < 4.78 is 12.7. The maximum absolute atomic E-state index is 12.5. The minimum Gasteiger partial charge on any atom is -0.486 e. The molecule has 3 aromatic rings. The summed E-state index contributed by atoms with van der Waals surface area (Å²) in [5.74, 6) is 0.691. The summed E-state index contributed by atoms with van der Waals surface area (Å²) in [6.07, 6.45) is 3.56. The molecule has 0 spiro atoms. The third-order valence-electron chi connectivity index (χ3n) is 3.75. The Bertz CT molecular complexity index is 908. The third-order valence-corrected chi connectivity index (χ3v) is 4.03. The van der Waals surface area contributed by atoms with Crippen molar-refractivity contribution in [3.8, 4) is 17.2 Å². The molecule has 1 aromatic heterocycles. The molecular formula is C18H14ClN3O3. The van der Waals surface area contributed by atoms with Gasteiger partial charge in [-0.05, 0) is 42.5 Å². The number of halogens is 1. The fourth-order valence-corrected chi connectivity index (χ4v) is 2.83. The van der Waals surface area contributed by atoms with Crippen LogP contribution in [0.15, 0.2) is 54.9 Å². The number of hydrogen-bond acceptors (Lipinski definition) is 4. The van der Waals surface area contributed by atoms with E-state index in [1.54, 1.807) is 23.0 Å². The molecule has 2 heterocycles. The zero-order valence-corrected chi connectivity index (χ0v) is 13.9. The molecule has 6 nitrogen and oxygen atoms in total. The lowest BCUT2D eigenvalue weighted by atomic mass is 10.1. The fourth-order valence-electron chi connectivity index (χ4n) is 2.56. The molecule has 25 heavy (non-hydrogen) atoms. The van der Waals surface area contributed by atoms with Gasteiger partial charge < -0.3 is 14.8 Å². The van der Waals surface area contributed by atoms with Crippen LogP contribution in [0.3, 0.4) is 0 Å². The summed E-state index contributed by atoms with van der Waals surface area (Å²) in [7, 11) is 0. The summed E-state index contributed by atoms with van der Waals surface area (Å²) in [6, 6.07) is 12.4. The van der Waals surface area contributed by atoms with E-state index in [4.69, 9.17) is 21.1 Å². The van der Waals surface area contributed by atoms with Gasteiger partial charge in [-0.25, -0.2) is 4.68 Å². The lowest BCUT2D eigenvalue weighted by Crippen LogP contribution is -2.17. The van der Waals surface area contributed by atoms with Gasteiger partial charge in [-0.1, -0.05) is 11.6 Å². The van der Waals surface area contributed by atoms with Gasteiger partial charge in [0.15, 0.2) is 11.5 Å². The molecule has 7 heteroatoms. The molecule has 1 aliphatic heterocycles. The second-order valence-electron chi connectivity index (χ2n) is 5.43. The van der Waals surface area contributed by atoms with Crippen molar-refractivity contribution in [1.82, 2.24) is 9.78 Å². The van der Waals surface area contributed by atoms with Crippen molar-refractivity contribution in [2.24, 2.45) is 0 Å². The van der Waals surface area contributed by atoms with E-state index in [9.17, 15) is 4.79 Å². The van der Waals surface area contributed by atoms with Gasteiger partial charge in [-0.2, -0.15) is 5.10 Å². The number of nitrogens with zero attached hydrogens (tertiary/aromatic N) is 2. The number of rotatable bonds is 3. The summed E-state index contributed by atoms with van der Waals surface area (Å²) in [5, 5.41) is 7.36. The summed E-state index contributed by atoms with van der Waals surface area (Å²) in [4.78, 5) is 12.5. The number of hydrogen-bond donors (Lipinski definition) is 1. The van der Waals surface area contributed by atoms with Gasteiger partial charge in [0.25, 0.3) is 5.91 Å². The molecule has 1 aliphatic rings. The SMILES string of the molecule is O=C(Nc1ccc(-n2cccn2)cc1)c1cc(Cl)c2c(c1)OCCO2. The molecule has 4 rings (SSSR count). The Kier molecular flexibility index (Phi) is 4.03. The first-order chi connectivity index (χ1) is 12.2. The van der Waals surface area contributed by atoms with Gasteiger partial charge in [0, 0.05) is 23.6 Å². The summed E-state index contributed by atoms with van der Waals surface area (Å²) in [5.41, 5.74) is 1.99. The number of amides is 1. The predicted octanol–water partition coefficient (Wildman–Crippen LogP) is 3.55. The van der Waals surface area contributed by atoms with Crippen LogP contribution in [0.2, 0.25) is 5.02 Å². The molecule has 0 fully saturated rings. The number of benzene rings is 2. The maximum Gasteiger partial charge on any atom is 0.255 e. The molecule has 0 saturated heterocycles. The van der Waals surface area contributed by atoms with Crippen LogP contribution in [0.5, 0.6) is 11.5 Å². The Hall–Kier alpha value is -2.99. The molecule has 2 aromatic carbocycles. The van der Waals surface area contributed by atoms with E-state index in [0.29, 0.717) is 41.0 Å².